The zero-order valence-electron chi connectivity index (χ0n) is 11.9. The standard InChI is InChI=1S/C15H12N4O2S2/c20-14(16-10-3-1-4-11-13(10)18-23-17-11)9-7-19(8-9)15(21)12-5-2-6-22-12/h1-6,9H,7-8H2,(H,16,20). The highest BCUT2D eigenvalue weighted by atomic mass is 32.1. The van der Waals surface area contributed by atoms with E-state index in [1.54, 1.807) is 11.0 Å². The van der Waals surface area contributed by atoms with Crippen LogP contribution in [0.25, 0.3) is 11.0 Å². The highest BCUT2D eigenvalue weighted by Crippen LogP contribution is 2.25. The first-order chi connectivity index (χ1) is 11.2. The smallest absolute Gasteiger partial charge is 0.263 e. The SMILES string of the molecule is O=C(Nc1cccc2nsnc12)C1CN(C(=O)c2cccs2)C1. The van der Waals surface area contributed by atoms with Gasteiger partial charge < -0.3 is 10.2 Å². The fourth-order valence-electron chi connectivity index (χ4n) is 2.51. The van der Waals surface area contributed by atoms with Gasteiger partial charge >= 0.3 is 0 Å². The molecule has 0 radical (unpaired) electrons. The summed E-state index contributed by atoms with van der Waals surface area (Å²) in [5.41, 5.74) is 2.15. The van der Waals surface area contributed by atoms with Gasteiger partial charge in [-0.3, -0.25) is 9.59 Å². The fraction of sp³-hybridized carbons (Fsp3) is 0.200. The third kappa shape index (κ3) is 2.60. The molecule has 0 aliphatic carbocycles. The summed E-state index contributed by atoms with van der Waals surface area (Å²) in [4.78, 5) is 26.9. The second kappa shape index (κ2) is 5.71. The number of anilines is 1. The van der Waals surface area contributed by atoms with Crippen LogP contribution in [0.1, 0.15) is 9.67 Å². The first-order valence-electron chi connectivity index (χ1n) is 7.07. The monoisotopic (exact) mass is 344 g/mol. The largest absolute Gasteiger partial charge is 0.336 e. The Hall–Kier alpha value is -2.32. The lowest BCUT2D eigenvalue weighted by Crippen LogP contribution is -2.54. The van der Waals surface area contributed by atoms with E-state index in [4.69, 9.17) is 0 Å². The zero-order chi connectivity index (χ0) is 15.8. The Morgan fingerprint density at radius 2 is 2.04 bits per heavy atom. The second-order valence-electron chi connectivity index (χ2n) is 5.31. The van der Waals surface area contributed by atoms with Crippen LogP contribution in [0.3, 0.4) is 0 Å². The van der Waals surface area contributed by atoms with Crippen molar-refractivity contribution in [1.29, 1.82) is 0 Å². The van der Waals surface area contributed by atoms with Crippen molar-refractivity contribution in [1.82, 2.24) is 13.6 Å². The van der Waals surface area contributed by atoms with Crippen LogP contribution in [-0.2, 0) is 4.79 Å². The summed E-state index contributed by atoms with van der Waals surface area (Å²) in [6.45, 7) is 0.904. The van der Waals surface area contributed by atoms with Crippen LogP contribution in [0.4, 0.5) is 5.69 Å². The van der Waals surface area contributed by atoms with Gasteiger partial charge in [0, 0.05) is 13.1 Å². The van der Waals surface area contributed by atoms with Crippen molar-refractivity contribution in [3.8, 4) is 0 Å². The molecule has 1 aromatic carbocycles. The minimum absolute atomic E-state index is 0.00477. The number of fused-ring (bicyclic) bond motifs is 1. The molecule has 0 atom stereocenters. The molecule has 1 N–H and O–H groups in total. The molecule has 1 fully saturated rings. The highest BCUT2D eigenvalue weighted by molar-refractivity contribution is 7.12. The number of carbonyl (C=O) groups excluding carboxylic acids is 2. The number of carbonyl (C=O) groups is 2. The average molecular weight is 344 g/mol. The number of thiophene rings is 1. The molecule has 2 amide bonds. The van der Waals surface area contributed by atoms with Gasteiger partial charge in [0.25, 0.3) is 5.91 Å². The summed E-state index contributed by atoms with van der Waals surface area (Å²) in [5.74, 6) is -0.267. The van der Waals surface area contributed by atoms with E-state index in [-0.39, 0.29) is 17.7 Å². The molecule has 1 aliphatic rings. The highest BCUT2D eigenvalue weighted by Gasteiger charge is 2.36. The predicted octanol–water partition coefficient (Wildman–Crippen LogP) is 2.46. The van der Waals surface area contributed by atoms with Crippen molar-refractivity contribution in [3.63, 3.8) is 0 Å². The van der Waals surface area contributed by atoms with Gasteiger partial charge in [0.05, 0.1) is 28.2 Å². The molecule has 1 aliphatic heterocycles. The van der Waals surface area contributed by atoms with Gasteiger partial charge in [-0.25, -0.2) is 0 Å². The number of rotatable bonds is 3. The summed E-state index contributed by atoms with van der Waals surface area (Å²) in [7, 11) is 0. The third-order valence-electron chi connectivity index (χ3n) is 3.82. The minimum Gasteiger partial charge on any atom is -0.336 e. The molecule has 8 heteroatoms. The van der Waals surface area contributed by atoms with Crippen LogP contribution in [0.15, 0.2) is 35.7 Å². The number of benzene rings is 1. The molecule has 1 saturated heterocycles. The van der Waals surface area contributed by atoms with Gasteiger partial charge in [0.1, 0.15) is 11.0 Å². The number of amides is 2. The van der Waals surface area contributed by atoms with Gasteiger partial charge in [-0.15, -0.1) is 11.3 Å². The van der Waals surface area contributed by atoms with E-state index in [0.29, 0.717) is 29.2 Å². The topological polar surface area (TPSA) is 75.2 Å². The Kier molecular flexibility index (Phi) is 3.55. The molecule has 0 bridgehead atoms. The van der Waals surface area contributed by atoms with Crippen LogP contribution in [0.5, 0.6) is 0 Å². The Morgan fingerprint density at radius 3 is 2.83 bits per heavy atom. The van der Waals surface area contributed by atoms with E-state index in [0.717, 1.165) is 17.2 Å². The summed E-state index contributed by atoms with van der Waals surface area (Å²) < 4.78 is 8.36. The molecule has 0 saturated carbocycles. The van der Waals surface area contributed by atoms with E-state index < -0.39 is 0 Å². The molecule has 2 aromatic heterocycles. The van der Waals surface area contributed by atoms with Crippen LogP contribution >= 0.6 is 23.1 Å². The second-order valence-corrected chi connectivity index (χ2v) is 6.79. The van der Waals surface area contributed by atoms with Gasteiger partial charge in [-0.1, -0.05) is 12.1 Å². The molecular weight excluding hydrogens is 332 g/mol. The summed E-state index contributed by atoms with van der Waals surface area (Å²) in [6, 6.07) is 9.17. The van der Waals surface area contributed by atoms with Gasteiger partial charge in [-0.2, -0.15) is 8.75 Å². The first kappa shape index (κ1) is 14.3. The van der Waals surface area contributed by atoms with Crippen molar-refractivity contribution in [2.75, 3.05) is 18.4 Å². The quantitative estimate of drug-likeness (QED) is 0.792. The van der Waals surface area contributed by atoms with Gasteiger partial charge in [0.2, 0.25) is 5.91 Å². The fourth-order valence-corrected chi connectivity index (χ4v) is 3.75. The van der Waals surface area contributed by atoms with E-state index in [2.05, 4.69) is 14.1 Å². The lowest BCUT2D eigenvalue weighted by molar-refractivity contribution is -0.123. The van der Waals surface area contributed by atoms with Crippen molar-refractivity contribution in [2.24, 2.45) is 5.92 Å². The number of hydrogen-bond donors (Lipinski definition) is 1. The lowest BCUT2D eigenvalue weighted by Gasteiger charge is -2.37. The number of hydrogen-bond acceptors (Lipinski definition) is 6. The molecule has 0 unspecified atom stereocenters. The Bertz CT molecular complexity index is 869. The molecule has 3 heterocycles. The van der Waals surface area contributed by atoms with Crippen molar-refractivity contribution >= 4 is 51.6 Å². The van der Waals surface area contributed by atoms with Gasteiger partial charge in [-0.05, 0) is 23.6 Å². The predicted molar refractivity (Wildman–Crippen MR) is 89.8 cm³/mol. The molecule has 6 nitrogen and oxygen atoms in total. The maximum atomic E-state index is 12.3. The molecule has 0 spiro atoms. The van der Waals surface area contributed by atoms with Gasteiger partial charge in [0.15, 0.2) is 0 Å². The molecule has 3 aromatic rings. The average Bonchev–Trinajstić information content (AvgIpc) is 3.17. The van der Waals surface area contributed by atoms with E-state index in [9.17, 15) is 9.59 Å². The number of aromatic nitrogens is 2. The van der Waals surface area contributed by atoms with Crippen LogP contribution < -0.4 is 5.32 Å². The van der Waals surface area contributed by atoms with E-state index >= 15 is 0 Å². The minimum atomic E-state index is -0.180. The van der Waals surface area contributed by atoms with Crippen molar-refractivity contribution < 1.29 is 9.59 Å². The molecule has 23 heavy (non-hydrogen) atoms. The van der Waals surface area contributed by atoms with Crippen LogP contribution in [0, 0.1) is 5.92 Å². The summed E-state index contributed by atoms with van der Waals surface area (Å²) in [6.07, 6.45) is 0. The summed E-state index contributed by atoms with van der Waals surface area (Å²) in [5, 5.41) is 4.77. The Morgan fingerprint density at radius 1 is 1.17 bits per heavy atom. The molecule has 116 valence electrons. The normalized spacial score (nSPS) is 14.7. The van der Waals surface area contributed by atoms with E-state index in [1.807, 2.05) is 29.6 Å². The van der Waals surface area contributed by atoms with E-state index in [1.165, 1.54) is 11.3 Å². The van der Waals surface area contributed by atoms with Crippen LogP contribution in [-0.4, -0.2) is 38.6 Å². The van der Waals surface area contributed by atoms with Crippen molar-refractivity contribution in [2.45, 2.75) is 0 Å². The molecule has 4 rings (SSSR count). The van der Waals surface area contributed by atoms with Crippen molar-refractivity contribution in [3.05, 3.63) is 40.6 Å². The number of likely N-dealkylation sites (tertiary alicyclic amines) is 1. The lowest BCUT2D eigenvalue weighted by atomic mass is 9.98. The third-order valence-corrected chi connectivity index (χ3v) is 5.22. The molecular formula is C15H12N4O2S2. The maximum absolute atomic E-state index is 12.3. The zero-order valence-corrected chi connectivity index (χ0v) is 13.6. The Balaban J connectivity index is 1.40. The van der Waals surface area contributed by atoms with Crippen LogP contribution in [0.2, 0.25) is 0 Å². The Labute approximate surface area is 140 Å². The maximum Gasteiger partial charge on any atom is 0.263 e. The number of nitrogens with one attached hydrogen (secondary N) is 1. The summed E-state index contributed by atoms with van der Waals surface area (Å²) >= 11 is 2.54. The first-order valence-corrected chi connectivity index (χ1v) is 8.68. The number of nitrogens with zero attached hydrogens (tertiary/aromatic N) is 3.